The van der Waals surface area contributed by atoms with E-state index in [4.69, 9.17) is 10.5 Å². The second kappa shape index (κ2) is 7.75. The molecule has 1 unspecified atom stereocenters. The van der Waals surface area contributed by atoms with Gasteiger partial charge in [-0.3, -0.25) is 9.59 Å². The van der Waals surface area contributed by atoms with E-state index in [2.05, 4.69) is 10.6 Å². The van der Waals surface area contributed by atoms with Crippen molar-refractivity contribution in [3.05, 3.63) is 24.3 Å². The maximum absolute atomic E-state index is 12.1. The van der Waals surface area contributed by atoms with E-state index in [0.29, 0.717) is 37.4 Å². The maximum atomic E-state index is 12.1. The Morgan fingerprint density at radius 2 is 1.95 bits per heavy atom. The zero-order chi connectivity index (χ0) is 15.1. The average Bonchev–Trinajstić information content (AvgIpc) is 3.01. The van der Waals surface area contributed by atoms with Gasteiger partial charge in [-0.25, -0.2) is 0 Å². The van der Waals surface area contributed by atoms with Crippen molar-refractivity contribution in [2.75, 3.05) is 23.8 Å². The number of nitrogens with one attached hydrogen (secondary N) is 2. The van der Waals surface area contributed by atoms with Crippen LogP contribution in [-0.4, -0.2) is 31.1 Å². The number of anilines is 2. The highest BCUT2D eigenvalue weighted by atomic mass is 16.5. The minimum absolute atomic E-state index is 0.112. The summed E-state index contributed by atoms with van der Waals surface area (Å²) < 4.78 is 5.35. The van der Waals surface area contributed by atoms with Crippen LogP contribution in [0, 0.1) is 0 Å². The van der Waals surface area contributed by atoms with Gasteiger partial charge in [-0.15, -0.1) is 0 Å². The van der Waals surface area contributed by atoms with Crippen LogP contribution in [0.25, 0.3) is 0 Å². The number of carbonyl (C=O) groups is 2. The lowest BCUT2D eigenvalue weighted by atomic mass is 10.2. The molecule has 4 N–H and O–H groups in total. The first kappa shape index (κ1) is 15.5. The Hall–Kier alpha value is -1.92. The summed E-state index contributed by atoms with van der Waals surface area (Å²) >= 11 is 0. The summed E-state index contributed by atoms with van der Waals surface area (Å²) in [5.41, 5.74) is 6.56. The minimum atomic E-state index is -0.397. The van der Waals surface area contributed by atoms with Gasteiger partial charge >= 0.3 is 0 Å². The number of benzene rings is 1. The fourth-order valence-corrected chi connectivity index (χ4v) is 2.17. The number of ether oxygens (including phenoxy) is 1. The van der Waals surface area contributed by atoms with Gasteiger partial charge in [0, 0.05) is 13.0 Å². The molecule has 0 saturated carbocycles. The summed E-state index contributed by atoms with van der Waals surface area (Å²) in [6, 6.07) is 7.12. The molecule has 2 rings (SSSR count). The molecule has 114 valence electrons. The monoisotopic (exact) mass is 291 g/mol. The van der Waals surface area contributed by atoms with Gasteiger partial charge in [0.25, 0.3) is 5.91 Å². The molecule has 2 amide bonds. The summed E-state index contributed by atoms with van der Waals surface area (Å²) in [4.78, 5) is 23.8. The van der Waals surface area contributed by atoms with E-state index >= 15 is 0 Å². The molecule has 1 atom stereocenters. The van der Waals surface area contributed by atoms with Gasteiger partial charge in [0.05, 0.1) is 11.4 Å². The van der Waals surface area contributed by atoms with Crippen LogP contribution in [0.4, 0.5) is 11.4 Å². The Labute approximate surface area is 124 Å². The Morgan fingerprint density at radius 3 is 2.57 bits per heavy atom. The molecule has 0 aliphatic carbocycles. The Balaban J connectivity index is 1.99. The molecular weight excluding hydrogens is 270 g/mol. The van der Waals surface area contributed by atoms with E-state index in [1.165, 1.54) is 0 Å². The molecule has 1 aliphatic heterocycles. The van der Waals surface area contributed by atoms with Gasteiger partial charge in [-0.1, -0.05) is 12.1 Å². The van der Waals surface area contributed by atoms with Crippen LogP contribution < -0.4 is 16.4 Å². The first-order valence-corrected chi connectivity index (χ1v) is 7.22. The molecule has 0 bridgehead atoms. The Kier molecular flexibility index (Phi) is 5.71. The summed E-state index contributed by atoms with van der Waals surface area (Å²) in [7, 11) is 0. The number of hydrogen-bond donors (Lipinski definition) is 3. The van der Waals surface area contributed by atoms with Crippen molar-refractivity contribution in [2.24, 2.45) is 5.73 Å². The topological polar surface area (TPSA) is 93.5 Å². The molecule has 21 heavy (non-hydrogen) atoms. The Bertz CT molecular complexity index is 499. The predicted octanol–water partition coefficient (Wildman–Crippen LogP) is 1.48. The molecule has 1 saturated heterocycles. The second-order valence-corrected chi connectivity index (χ2v) is 4.98. The first-order valence-electron chi connectivity index (χ1n) is 7.22. The lowest BCUT2D eigenvalue weighted by molar-refractivity contribution is -0.124. The van der Waals surface area contributed by atoms with Crippen molar-refractivity contribution < 1.29 is 14.3 Å². The third kappa shape index (κ3) is 4.54. The third-order valence-electron chi connectivity index (χ3n) is 3.29. The van der Waals surface area contributed by atoms with Gasteiger partial charge in [0.2, 0.25) is 5.91 Å². The largest absolute Gasteiger partial charge is 0.368 e. The fraction of sp³-hybridized carbons (Fsp3) is 0.467. The first-order chi connectivity index (χ1) is 10.2. The molecule has 1 heterocycles. The number of carbonyl (C=O) groups excluding carboxylic acids is 2. The number of rotatable bonds is 6. The van der Waals surface area contributed by atoms with Crippen molar-refractivity contribution in [1.82, 2.24) is 0 Å². The zero-order valence-corrected chi connectivity index (χ0v) is 11.9. The van der Waals surface area contributed by atoms with Crippen LogP contribution in [0.2, 0.25) is 0 Å². The lowest BCUT2D eigenvalue weighted by Gasteiger charge is -2.14. The molecule has 1 aromatic rings. The number of nitrogens with two attached hydrogens (primary N) is 1. The minimum Gasteiger partial charge on any atom is -0.368 e. The SMILES string of the molecule is NCCCC(=O)Nc1ccccc1NC(=O)C1CCCO1. The summed E-state index contributed by atoms with van der Waals surface area (Å²) in [5.74, 6) is -0.282. The van der Waals surface area contributed by atoms with Crippen LogP contribution in [-0.2, 0) is 14.3 Å². The smallest absolute Gasteiger partial charge is 0.253 e. The van der Waals surface area contributed by atoms with E-state index in [1.807, 2.05) is 0 Å². The van der Waals surface area contributed by atoms with E-state index in [9.17, 15) is 9.59 Å². The number of amides is 2. The third-order valence-corrected chi connectivity index (χ3v) is 3.29. The van der Waals surface area contributed by atoms with Crippen molar-refractivity contribution in [3.63, 3.8) is 0 Å². The maximum Gasteiger partial charge on any atom is 0.253 e. The molecule has 1 aliphatic rings. The molecule has 0 spiro atoms. The van der Waals surface area contributed by atoms with E-state index in [0.717, 1.165) is 12.8 Å². The van der Waals surface area contributed by atoms with Crippen molar-refractivity contribution >= 4 is 23.2 Å². The number of para-hydroxylation sites is 2. The van der Waals surface area contributed by atoms with E-state index in [-0.39, 0.29) is 11.8 Å². The normalized spacial score (nSPS) is 17.5. The van der Waals surface area contributed by atoms with Crippen LogP contribution in [0.1, 0.15) is 25.7 Å². The van der Waals surface area contributed by atoms with Gasteiger partial charge in [-0.2, -0.15) is 0 Å². The highest BCUT2D eigenvalue weighted by Gasteiger charge is 2.24. The van der Waals surface area contributed by atoms with Crippen LogP contribution in [0.3, 0.4) is 0 Å². The number of hydrogen-bond acceptors (Lipinski definition) is 4. The standard InChI is InChI=1S/C15H21N3O3/c16-9-3-8-14(19)17-11-5-1-2-6-12(11)18-15(20)13-7-4-10-21-13/h1-2,5-6,13H,3-4,7-10,16H2,(H,17,19)(H,18,20). The van der Waals surface area contributed by atoms with Crippen LogP contribution in [0.15, 0.2) is 24.3 Å². The molecular formula is C15H21N3O3. The average molecular weight is 291 g/mol. The van der Waals surface area contributed by atoms with Gasteiger partial charge in [0.1, 0.15) is 6.10 Å². The molecule has 0 radical (unpaired) electrons. The van der Waals surface area contributed by atoms with Crippen LogP contribution >= 0.6 is 0 Å². The van der Waals surface area contributed by atoms with Crippen molar-refractivity contribution in [1.29, 1.82) is 0 Å². The molecule has 6 heteroatoms. The highest BCUT2D eigenvalue weighted by molar-refractivity contribution is 6.00. The van der Waals surface area contributed by atoms with Crippen molar-refractivity contribution in [2.45, 2.75) is 31.8 Å². The highest BCUT2D eigenvalue weighted by Crippen LogP contribution is 2.23. The van der Waals surface area contributed by atoms with Crippen LogP contribution in [0.5, 0.6) is 0 Å². The van der Waals surface area contributed by atoms with Gasteiger partial charge < -0.3 is 21.1 Å². The predicted molar refractivity (Wildman–Crippen MR) is 81.0 cm³/mol. The van der Waals surface area contributed by atoms with E-state index in [1.54, 1.807) is 24.3 Å². The van der Waals surface area contributed by atoms with Gasteiger partial charge in [-0.05, 0) is 37.9 Å². The quantitative estimate of drug-likeness (QED) is 0.740. The summed E-state index contributed by atoms with van der Waals surface area (Å²) in [5, 5.41) is 5.60. The second-order valence-electron chi connectivity index (χ2n) is 4.98. The molecule has 1 aromatic carbocycles. The molecule has 6 nitrogen and oxygen atoms in total. The molecule has 1 fully saturated rings. The van der Waals surface area contributed by atoms with Gasteiger partial charge in [0.15, 0.2) is 0 Å². The fourth-order valence-electron chi connectivity index (χ4n) is 2.17. The summed E-state index contributed by atoms with van der Waals surface area (Å²) in [6.07, 6.45) is 2.23. The lowest BCUT2D eigenvalue weighted by Crippen LogP contribution is -2.27. The zero-order valence-electron chi connectivity index (χ0n) is 11.9. The Morgan fingerprint density at radius 1 is 1.24 bits per heavy atom. The van der Waals surface area contributed by atoms with E-state index < -0.39 is 6.10 Å². The summed E-state index contributed by atoms with van der Waals surface area (Å²) in [6.45, 7) is 1.10. The molecule has 0 aromatic heterocycles. The van der Waals surface area contributed by atoms with Crippen molar-refractivity contribution in [3.8, 4) is 0 Å².